The molecule has 1 atom stereocenters. The maximum atomic E-state index is 13.6. The molecule has 1 heterocycles. The molecule has 5 nitrogen and oxygen atoms in total. The number of ether oxygens (including phenoxy) is 1. The highest BCUT2D eigenvalue weighted by atomic mass is 16.5. The van der Waals surface area contributed by atoms with Gasteiger partial charge in [-0.2, -0.15) is 0 Å². The number of amides is 1. The van der Waals surface area contributed by atoms with E-state index in [1.807, 2.05) is 19.1 Å². The lowest BCUT2D eigenvalue weighted by Gasteiger charge is -2.43. The first kappa shape index (κ1) is 18.9. The van der Waals surface area contributed by atoms with E-state index in [9.17, 15) is 14.7 Å². The van der Waals surface area contributed by atoms with Gasteiger partial charge in [-0.15, -0.1) is 0 Å². The van der Waals surface area contributed by atoms with E-state index in [0.29, 0.717) is 19.4 Å². The lowest BCUT2D eigenvalue weighted by Crippen LogP contribution is -2.56. The fraction of sp³-hybridized carbons (Fsp3) is 0.619. The molecule has 1 saturated heterocycles. The average Bonchev–Trinajstić information content (AvgIpc) is 3.12. The van der Waals surface area contributed by atoms with Crippen molar-refractivity contribution in [3.05, 3.63) is 35.4 Å². The zero-order valence-electron chi connectivity index (χ0n) is 15.8. The Balaban J connectivity index is 1.91. The molecule has 5 heteroatoms. The number of methoxy groups -OCH3 is 1. The van der Waals surface area contributed by atoms with Gasteiger partial charge in [-0.3, -0.25) is 9.59 Å². The predicted octanol–water partition coefficient (Wildman–Crippen LogP) is 3.15. The van der Waals surface area contributed by atoms with E-state index in [1.165, 1.54) is 7.11 Å². The van der Waals surface area contributed by atoms with Gasteiger partial charge in [0.25, 0.3) is 0 Å². The maximum Gasteiger partial charge on any atom is 0.313 e. The van der Waals surface area contributed by atoms with Crippen LogP contribution in [0.4, 0.5) is 0 Å². The Kier molecular flexibility index (Phi) is 5.37. The summed E-state index contributed by atoms with van der Waals surface area (Å²) >= 11 is 0. The van der Waals surface area contributed by atoms with Gasteiger partial charge in [0.05, 0.1) is 12.0 Å². The van der Waals surface area contributed by atoms with E-state index < -0.39 is 16.8 Å². The molecule has 1 amide bonds. The number of nitrogens with zero attached hydrogens (tertiary/aromatic N) is 1. The summed E-state index contributed by atoms with van der Waals surface area (Å²) in [6.07, 6.45) is 5.01. The van der Waals surface area contributed by atoms with Crippen molar-refractivity contribution in [1.29, 1.82) is 0 Å². The fourth-order valence-electron chi connectivity index (χ4n) is 4.79. The van der Waals surface area contributed by atoms with Crippen LogP contribution in [0, 0.1) is 12.3 Å². The second-order valence-electron chi connectivity index (χ2n) is 8.01. The number of aliphatic carboxylic acids is 1. The number of hydrogen-bond acceptors (Lipinski definition) is 3. The number of aryl methyl sites for hydroxylation is 1. The topological polar surface area (TPSA) is 66.8 Å². The summed E-state index contributed by atoms with van der Waals surface area (Å²) in [5, 5.41) is 9.78. The summed E-state index contributed by atoms with van der Waals surface area (Å²) in [7, 11) is 1.52. The molecule has 0 spiro atoms. The molecule has 142 valence electrons. The van der Waals surface area contributed by atoms with Gasteiger partial charge < -0.3 is 14.7 Å². The van der Waals surface area contributed by atoms with Crippen LogP contribution in [-0.2, 0) is 19.7 Å². The molecular formula is C21H29NO4. The Bertz CT molecular complexity index is 676. The van der Waals surface area contributed by atoms with Gasteiger partial charge in [-0.25, -0.2) is 0 Å². The summed E-state index contributed by atoms with van der Waals surface area (Å²) in [4.78, 5) is 27.4. The van der Waals surface area contributed by atoms with Crippen LogP contribution in [0.25, 0.3) is 0 Å². The Morgan fingerprint density at radius 3 is 2.54 bits per heavy atom. The lowest BCUT2D eigenvalue weighted by molar-refractivity contribution is -0.160. The molecular weight excluding hydrogens is 330 g/mol. The van der Waals surface area contributed by atoms with Crippen LogP contribution < -0.4 is 0 Å². The minimum atomic E-state index is -0.991. The van der Waals surface area contributed by atoms with Crippen molar-refractivity contribution < 1.29 is 19.4 Å². The number of piperidine rings is 1. The molecule has 2 aliphatic rings. The van der Waals surface area contributed by atoms with Crippen molar-refractivity contribution in [2.45, 2.75) is 50.9 Å². The SMILES string of the molecule is COCC1(C(=O)O)CCCN(C(=O)C2(c3cccc(C)c3)CCCC2)C1. The largest absolute Gasteiger partial charge is 0.481 e. The smallest absolute Gasteiger partial charge is 0.313 e. The molecule has 1 N–H and O–H groups in total. The minimum Gasteiger partial charge on any atom is -0.481 e. The molecule has 26 heavy (non-hydrogen) atoms. The number of benzene rings is 1. The van der Waals surface area contributed by atoms with E-state index in [-0.39, 0.29) is 19.1 Å². The van der Waals surface area contributed by atoms with Crippen LogP contribution in [-0.4, -0.2) is 48.7 Å². The van der Waals surface area contributed by atoms with Gasteiger partial charge in [0.15, 0.2) is 0 Å². The Labute approximate surface area is 155 Å². The highest BCUT2D eigenvalue weighted by molar-refractivity contribution is 5.89. The van der Waals surface area contributed by atoms with Gasteiger partial charge in [0.1, 0.15) is 5.41 Å². The van der Waals surface area contributed by atoms with E-state index in [2.05, 4.69) is 12.1 Å². The highest BCUT2D eigenvalue weighted by Crippen LogP contribution is 2.44. The van der Waals surface area contributed by atoms with Gasteiger partial charge in [0.2, 0.25) is 5.91 Å². The second kappa shape index (κ2) is 7.39. The maximum absolute atomic E-state index is 13.6. The zero-order chi connectivity index (χ0) is 18.8. The normalized spacial score (nSPS) is 25.2. The molecule has 0 radical (unpaired) electrons. The molecule has 1 aliphatic carbocycles. The summed E-state index contributed by atoms with van der Waals surface area (Å²) in [6, 6.07) is 8.23. The first-order valence-corrected chi connectivity index (χ1v) is 9.52. The van der Waals surface area contributed by atoms with Crippen LogP contribution >= 0.6 is 0 Å². The van der Waals surface area contributed by atoms with Gasteiger partial charge in [-0.05, 0) is 38.2 Å². The molecule has 0 aromatic heterocycles. The van der Waals surface area contributed by atoms with Crippen LogP contribution in [0.5, 0.6) is 0 Å². The number of likely N-dealkylation sites (tertiary alicyclic amines) is 1. The third-order valence-corrected chi connectivity index (χ3v) is 6.18. The number of rotatable bonds is 5. The van der Waals surface area contributed by atoms with Crippen LogP contribution in [0.1, 0.15) is 49.7 Å². The molecule has 0 bridgehead atoms. The first-order chi connectivity index (χ1) is 12.4. The molecule has 1 aromatic rings. The monoisotopic (exact) mass is 359 g/mol. The number of carboxylic acid groups (broad SMARTS) is 1. The third kappa shape index (κ3) is 3.25. The number of hydrogen-bond donors (Lipinski definition) is 1. The molecule has 1 saturated carbocycles. The number of carboxylic acids is 1. The highest BCUT2D eigenvalue weighted by Gasteiger charge is 2.49. The van der Waals surface area contributed by atoms with E-state index in [0.717, 1.165) is 36.8 Å². The molecule has 2 fully saturated rings. The molecule has 1 aliphatic heterocycles. The van der Waals surface area contributed by atoms with Crippen LogP contribution in [0.2, 0.25) is 0 Å². The third-order valence-electron chi connectivity index (χ3n) is 6.18. The Hall–Kier alpha value is -1.88. The Morgan fingerprint density at radius 1 is 1.19 bits per heavy atom. The van der Waals surface area contributed by atoms with E-state index in [4.69, 9.17) is 4.74 Å². The van der Waals surface area contributed by atoms with Crippen molar-refractivity contribution >= 4 is 11.9 Å². The first-order valence-electron chi connectivity index (χ1n) is 9.52. The Morgan fingerprint density at radius 2 is 1.92 bits per heavy atom. The van der Waals surface area contributed by atoms with E-state index in [1.54, 1.807) is 4.90 Å². The average molecular weight is 359 g/mol. The molecule has 1 aromatic carbocycles. The summed E-state index contributed by atoms with van der Waals surface area (Å²) in [5.41, 5.74) is 0.744. The van der Waals surface area contributed by atoms with Crippen molar-refractivity contribution in [2.24, 2.45) is 5.41 Å². The number of carbonyl (C=O) groups is 2. The summed E-state index contributed by atoms with van der Waals surface area (Å²) in [5.74, 6) is -0.769. The molecule has 1 unspecified atom stereocenters. The van der Waals surface area contributed by atoms with Crippen molar-refractivity contribution in [2.75, 3.05) is 26.8 Å². The van der Waals surface area contributed by atoms with Crippen molar-refractivity contribution in [3.63, 3.8) is 0 Å². The quantitative estimate of drug-likeness (QED) is 0.877. The second-order valence-corrected chi connectivity index (χ2v) is 8.01. The standard InChI is InChI=1S/C21H29NO4/c1-16-7-5-8-17(13-16)21(10-3-4-11-21)18(23)22-12-6-9-20(14-22,15-26-2)19(24)25/h5,7-8,13H,3-4,6,9-12,14-15H2,1-2H3,(H,24,25). The van der Waals surface area contributed by atoms with Crippen LogP contribution in [0.15, 0.2) is 24.3 Å². The van der Waals surface area contributed by atoms with Crippen molar-refractivity contribution in [1.82, 2.24) is 4.90 Å². The fourth-order valence-corrected chi connectivity index (χ4v) is 4.79. The van der Waals surface area contributed by atoms with Gasteiger partial charge in [-0.1, -0.05) is 42.7 Å². The summed E-state index contributed by atoms with van der Waals surface area (Å²) in [6.45, 7) is 3.06. The van der Waals surface area contributed by atoms with E-state index >= 15 is 0 Å². The predicted molar refractivity (Wildman–Crippen MR) is 99.1 cm³/mol. The van der Waals surface area contributed by atoms with Crippen LogP contribution in [0.3, 0.4) is 0 Å². The zero-order valence-corrected chi connectivity index (χ0v) is 15.8. The number of carbonyl (C=O) groups excluding carboxylic acids is 1. The van der Waals surface area contributed by atoms with Gasteiger partial charge >= 0.3 is 5.97 Å². The lowest BCUT2D eigenvalue weighted by atomic mass is 9.75. The van der Waals surface area contributed by atoms with Crippen molar-refractivity contribution in [3.8, 4) is 0 Å². The minimum absolute atomic E-state index is 0.0991. The van der Waals surface area contributed by atoms with Gasteiger partial charge in [0, 0.05) is 20.2 Å². The molecule has 3 rings (SSSR count). The summed E-state index contributed by atoms with van der Waals surface area (Å²) < 4.78 is 5.21.